The van der Waals surface area contributed by atoms with E-state index in [1.807, 2.05) is 0 Å². The molecule has 2 heterocycles. The Kier molecular flexibility index (Phi) is 6.48. The van der Waals surface area contributed by atoms with Crippen LogP contribution < -0.4 is 10.6 Å². The van der Waals surface area contributed by atoms with Crippen molar-refractivity contribution in [2.45, 2.75) is 55.9 Å². The van der Waals surface area contributed by atoms with Gasteiger partial charge in [0.2, 0.25) is 10.0 Å². The summed E-state index contributed by atoms with van der Waals surface area (Å²) < 4.78 is 26.7. The molecule has 144 valence electrons. The molecule has 0 bridgehead atoms. The first-order chi connectivity index (χ1) is 12.6. The molecule has 1 saturated carbocycles. The van der Waals surface area contributed by atoms with E-state index in [-0.39, 0.29) is 10.9 Å². The number of hydrogen-bond acceptors (Lipinski definition) is 4. The van der Waals surface area contributed by atoms with Crippen LogP contribution in [0.3, 0.4) is 0 Å². The number of amides is 2. The standard InChI is InChI=1S/C18H28N4O3S/c23-18(21-16-5-2-1-3-6-16)20-13-15-8-11-22(12-9-15)26(24,25)17-7-4-10-19-14-17/h4,7,10,14-16H,1-3,5-6,8-9,11-13H2,(H2,20,21,23). The molecule has 1 aliphatic heterocycles. The highest BCUT2D eigenvalue weighted by atomic mass is 32.2. The van der Waals surface area contributed by atoms with Gasteiger partial charge in [0, 0.05) is 38.1 Å². The molecule has 1 aromatic heterocycles. The Balaban J connectivity index is 1.42. The summed E-state index contributed by atoms with van der Waals surface area (Å²) in [4.78, 5) is 16.2. The van der Waals surface area contributed by atoms with Gasteiger partial charge in [-0.2, -0.15) is 4.31 Å². The van der Waals surface area contributed by atoms with Crippen molar-refractivity contribution < 1.29 is 13.2 Å². The predicted molar refractivity (Wildman–Crippen MR) is 99.1 cm³/mol. The monoisotopic (exact) mass is 380 g/mol. The van der Waals surface area contributed by atoms with Crippen molar-refractivity contribution in [3.63, 3.8) is 0 Å². The summed E-state index contributed by atoms with van der Waals surface area (Å²) in [5.41, 5.74) is 0. The minimum Gasteiger partial charge on any atom is -0.338 e. The Morgan fingerprint density at radius 2 is 1.88 bits per heavy atom. The van der Waals surface area contributed by atoms with E-state index >= 15 is 0 Å². The van der Waals surface area contributed by atoms with Crippen molar-refractivity contribution in [2.75, 3.05) is 19.6 Å². The first-order valence-corrected chi connectivity index (χ1v) is 10.9. The zero-order chi connectivity index (χ0) is 18.4. The summed E-state index contributed by atoms with van der Waals surface area (Å²) in [6.07, 6.45) is 10.2. The third-order valence-corrected chi connectivity index (χ3v) is 7.22. The Morgan fingerprint density at radius 3 is 2.54 bits per heavy atom. The van der Waals surface area contributed by atoms with E-state index in [4.69, 9.17) is 0 Å². The van der Waals surface area contributed by atoms with E-state index in [1.165, 1.54) is 29.8 Å². The molecule has 0 aromatic carbocycles. The number of sulfonamides is 1. The van der Waals surface area contributed by atoms with Crippen LogP contribution in [0.4, 0.5) is 4.79 Å². The topological polar surface area (TPSA) is 91.4 Å². The van der Waals surface area contributed by atoms with Gasteiger partial charge in [0.25, 0.3) is 0 Å². The van der Waals surface area contributed by atoms with Crippen LogP contribution in [0.2, 0.25) is 0 Å². The zero-order valence-corrected chi connectivity index (χ0v) is 15.9. The molecule has 1 aliphatic carbocycles. The maximum absolute atomic E-state index is 12.6. The van der Waals surface area contributed by atoms with Gasteiger partial charge in [-0.25, -0.2) is 13.2 Å². The fraction of sp³-hybridized carbons (Fsp3) is 0.667. The molecule has 2 amide bonds. The smallest absolute Gasteiger partial charge is 0.315 e. The van der Waals surface area contributed by atoms with E-state index in [2.05, 4.69) is 15.6 Å². The van der Waals surface area contributed by atoms with Gasteiger partial charge in [-0.3, -0.25) is 4.98 Å². The second-order valence-electron chi connectivity index (χ2n) is 7.23. The number of carbonyl (C=O) groups is 1. The van der Waals surface area contributed by atoms with E-state index in [1.54, 1.807) is 18.3 Å². The number of urea groups is 1. The van der Waals surface area contributed by atoms with Crippen molar-refractivity contribution in [2.24, 2.45) is 5.92 Å². The predicted octanol–water partition coefficient (Wildman–Crippen LogP) is 2.11. The van der Waals surface area contributed by atoms with Gasteiger partial charge in [-0.1, -0.05) is 19.3 Å². The summed E-state index contributed by atoms with van der Waals surface area (Å²) in [7, 11) is -3.46. The first-order valence-electron chi connectivity index (χ1n) is 9.50. The van der Waals surface area contributed by atoms with Gasteiger partial charge in [0.15, 0.2) is 0 Å². The molecule has 2 N–H and O–H groups in total. The van der Waals surface area contributed by atoms with Gasteiger partial charge in [-0.15, -0.1) is 0 Å². The Morgan fingerprint density at radius 1 is 1.15 bits per heavy atom. The fourth-order valence-corrected chi connectivity index (χ4v) is 5.16. The van der Waals surface area contributed by atoms with Crippen LogP contribution in [0.15, 0.2) is 29.4 Å². The van der Waals surface area contributed by atoms with Crippen LogP contribution >= 0.6 is 0 Å². The molecule has 2 fully saturated rings. The molecule has 26 heavy (non-hydrogen) atoms. The minimum absolute atomic E-state index is 0.0951. The lowest BCUT2D eigenvalue weighted by Crippen LogP contribution is -2.46. The average Bonchev–Trinajstić information content (AvgIpc) is 2.68. The molecule has 8 heteroatoms. The Hall–Kier alpha value is -1.67. The van der Waals surface area contributed by atoms with Gasteiger partial charge in [0.05, 0.1) is 0 Å². The summed E-state index contributed by atoms with van der Waals surface area (Å²) in [6, 6.07) is 3.41. The maximum atomic E-state index is 12.6. The first kappa shape index (κ1) is 19.1. The average molecular weight is 381 g/mol. The fourth-order valence-electron chi connectivity index (χ4n) is 3.72. The second kappa shape index (κ2) is 8.81. The Bertz CT molecular complexity index is 682. The molecule has 0 spiro atoms. The van der Waals surface area contributed by atoms with E-state index in [0.29, 0.717) is 31.6 Å². The van der Waals surface area contributed by atoms with Crippen molar-refractivity contribution in [3.8, 4) is 0 Å². The molecule has 1 aromatic rings. The summed E-state index contributed by atoms with van der Waals surface area (Å²) in [5, 5.41) is 6.01. The van der Waals surface area contributed by atoms with Crippen LogP contribution in [0.25, 0.3) is 0 Å². The number of rotatable bonds is 5. The number of piperidine rings is 1. The molecule has 3 rings (SSSR count). The number of nitrogens with one attached hydrogen (secondary N) is 2. The number of pyridine rings is 1. The largest absolute Gasteiger partial charge is 0.338 e. The number of hydrogen-bond donors (Lipinski definition) is 2. The van der Waals surface area contributed by atoms with Crippen molar-refractivity contribution >= 4 is 16.1 Å². The van der Waals surface area contributed by atoms with Crippen molar-refractivity contribution in [3.05, 3.63) is 24.5 Å². The quantitative estimate of drug-likeness (QED) is 0.818. The van der Waals surface area contributed by atoms with Gasteiger partial charge >= 0.3 is 6.03 Å². The molecule has 1 saturated heterocycles. The third kappa shape index (κ3) is 4.94. The molecular formula is C18H28N4O3S. The van der Waals surface area contributed by atoms with Crippen LogP contribution in [0.1, 0.15) is 44.9 Å². The highest BCUT2D eigenvalue weighted by molar-refractivity contribution is 7.89. The highest BCUT2D eigenvalue weighted by Crippen LogP contribution is 2.23. The number of nitrogens with zero attached hydrogens (tertiary/aromatic N) is 2. The SMILES string of the molecule is O=C(NCC1CCN(S(=O)(=O)c2cccnc2)CC1)NC1CCCCC1. The number of aromatic nitrogens is 1. The maximum Gasteiger partial charge on any atom is 0.315 e. The third-order valence-electron chi connectivity index (χ3n) is 5.34. The van der Waals surface area contributed by atoms with Gasteiger partial charge in [0.1, 0.15) is 4.90 Å². The van der Waals surface area contributed by atoms with Crippen LogP contribution in [0, 0.1) is 5.92 Å². The molecule has 0 radical (unpaired) electrons. The Labute approximate surface area is 155 Å². The zero-order valence-electron chi connectivity index (χ0n) is 15.1. The van der Waals surface area contributed by atoms with E-state index < -0.39 is 10.0 Å². The molecule has 0 unspecified atom stereocenters. The molecule has 0 atom stereocenters. The summed E-state index contributed by atoms with van der Waals surface area (Å²) in [5.74, 6) is 0.312. The summed E-state index contributed by atoms with van der Waals surface area (Å²) >= 11 is 0. The molecular weight excluding hydrogens is 352 g/mol. The van der Waals surface area contributed by atoms with E-state index in [0.717, 1.165) is 25.7 Å². The lowest BCUT2D eigenvalue weighted by Gasteiger charge is -2.31. The van der Waals surface area contributed by atoms with Crippen LogP contribution in [0.5, 0.6) is 0 Å². The lowest BCUT2D eigenvalue weighted by molar-refractivity contribution is 0.224. The van der Waals surface area contributed by atoms with Crippen molar-refractivity contribution in [1.82, 2.24) is 19.9 Å². The lowest BCUT2D eigenvalue weighted by atomic mass is 9.95. The van der Waals surface area contributed by atoms with Crippen LogP contribution in [-0.4, -0.2) is 49.4 Å². The van der Waals surface area contributed by atoms with Crippen LogP contribution in [-0.2, 0) is 10.0 Å². The number of carbonyl (C=O) groups excluding carboxylic acids is 1. The minimum atomic E-state index is -3.46. The molecule has 2 aliphatic rings. The molecule has 7 nitrogen and oxygen atoms in total. The normalized spacial score (nSPS) is 20.6. The van der Waals surface area contributed by atoms with Gasteiger partial charge < -0.3 is 10.6 Å². The second-order valence-corrected chi connectivity index (χ2v) is 9.16. The van der Waals surface area contributed by atoms with Crippen molar-refractivity contribution in [1.29, 1.82) is 0 Å². The highest BCUT2D eigenvalue weighted by Gasteiger charge is 2.29. The summed E-state index contributed by atoms with van der Waals surface area (Å²) in [6.45, 7) is 1.56. The van der Waals surface area contributed by atoms with E-state index in [9.17, 15) is 13.2 Å². The van der Waals surface area contributed by atoms with Gasteiger partial charge in [-0.05, 0) is 43.7 Å².